The Labute approximate surface area is 88.6 Å². The summed E-state index contributed by atoms with van der Waals surface area (Å²) >= 11 is 0. The van der Waals surface area contributed by atoms with Gasteiger partial charge >= 0.3 is 0 Å². The second-order valence-corrected chi connectivity index (χ2v) is 4.10. The molecule has 5 heteroatoms. The zero-order chi connectivity index (χ0) is 11.9. The summed E-state index contributed by atoms with van der Waals surface area (Å²) in [6, 6.07) is 0. The molecule has 0 aliphatic carbocycles. The lowest BCUT2D eigenvalue weighted by atomic mass is 9.78. The predicted octanol–water partition coefficient (Wildman–Crippen LogP) is 1.41. The molecule has 0 saturated carbocycles. The zero-order valence-electron chi connectivity index (χ0n) is 9.19. The van der Waals surface area contributed by atoms with Crippen molar-refractivity contribution in [1.82, 2.24) is 5.06 Å². The molecule has 0 bridgehead atoms. The van der Waals surface area contributed by atoms with Gasteiger partial charge in [-0.05, 0) is 20.3 Å². The molecule has 0 aromatic rings. The predicted molar refractivity (Wildman–Crippen MR) is 54.9 cm³/mol. The Balaban J connectivity index is 3.41. The third-order valence-corrected chi connectivity index (χ3v) is 3.31. The maximum atomic E-state index is 11.8. The van der Waals surface area contributed by atoms with Crippen LogP contribution in [0.2, 0.25) is 0 Å². The molecule has 0 aromatic carbocycles. The van der Waals surface area contributed by atoms with Crippen molar-refractivity contribution in [3.63, 3.8) is 0 Å². The van der Waals surface area contributed by atoms with Gasteiger partial charge in [0.1, 0.15) is 11.3 Å². The molecule has 1 aliphatic heterocycles. The van der Waals surface area contributed by atoms with Crippen molar-refractivity contribution in [2.45, 2.75) is 32.7 Å². The van der Waals surface area contributed by atoms with Crippen molar-refractivity contribution >= 4 is 11.6 Å². The fourth-order valence-electron chi connectivity index (χ4n) is 1.92. The van der Waals surface area contributed by atoms with Crippen molar-refractivity contribution in [2.75, 3.05) is 0 Å². The van der Waals surface area contributed by atoms with E-state index in [0.29, 0.717) is 11.5 Å². The third kappa shape index (κ3) is 1.19. The summed E-state index contributed by atoms with van der Waals surface area (Å²) in [5, 5.41) is 22.4. The van der Waals surface area contributed by atoms with Gasteiger partial charge in [-0.3, -0.25) is 10.0 Å². The Kier molecular flexibility index (Phi) is 2.61. The van der Waals surface area contributed by atoms with Crippen LogP contribution in [0.1, 0.15) is 27.2 Å². The summed E-state index contributed by atoms with van der Waals surface area (Å²) in [5.74, 6) is -0.472. The number of hydroxylamine groups is 2. The Bertz CT molecular complexity index is 340. The van der Waals surface area contributed by atoms with Crippen LogP contribution >= 0.6 is 0 Å². The first-order chi connectivity index (χ1) is 6.88. The standard InChI is InChI=1S/C10H16N2O3/c1-5-9(3)7(11-14)10(4,6-2)12(15)8(9)13/h6,14-15H,2,5H2,1,3-4H3. The van der Waals surface area contributed by atoms with E-state index in [-0.39, 0.29) is 5.71 Å². The number of carbonyl (C=O) groups excluding carboxylic acids is 1. The molecule has 2 N–H and O–H groups in total. The first kappa shape index (κ1) is 11.7. The Hall–Kier alpha value is -1.36. The Morgan fingerprint density at radius 3 is 2.47 bits per heavy atom. The fourth-order valence-corrected chi connectivity index (χ4v) is 1.92. The molecule has 15 heavy (non-hydrogen) atoms. The van der Waals surface area contributed by atoms with E-state index in [1.165, 1.54) is 6.08 Å². The monoisotopic (exact) mass is 212 g/mol. The molecule has 1 rings (SSSR count). The minimum Gasteiger partial charge on any atom is -0.411 e. The first-order valence-corrected chi connectivity index (χ1v) is 4.78. The second-order valence-electron chi connectivity index (χ2n) is 4.10. The first-order valence-electron chi connectivity index (χ1n) is 4.78. The molecular weight excluding hydrogens is 196 g/mol. The molecule has 2 atom stereocenters. The highest BCUT2D eigenvalue weighted by Gasteiger charge is 2.59. The van der Waals surface area contributed by atoms with Gasteiger partial charge in [0, 0.05) is 0 Å². The van der Waals surface area contributed by atoms with Crippen LogP contribution in [0.5, 0.6) is 0 Å². The smallest absolute Gasteiger partial charge is 0.258 e. The Morgan fingerprint density at radius 2 is 2.13 bits per heavy atom. The van der Waals surface area contributed by atoms with Gasteiger partial charge in [0.25, 0.3) is 5.91 Å². The highest BCUT2D eigenvalue weighted by Crippen LogP contribution is 2.41. The van der Waals surface area contributed by atoms with E-state index in [2.05, 4.69) is 11.7 Å². The quantitative estimate of drug-likeness (QED) is 0.314. The normalized spacial score (nSPS) is 38.8. The van der Waals surface area contributed by atoms with Crippen LogP contribution in [-0.2, 0) is 4.79 Å². The highest BCUT2D eigenvalue weighted by atomic mass is 16.5. The van der Waals surface area contributed by atoms with E-state index >= 15 is 0 Å². The van der Waals surface area contributed by atoms with Gasteiger partial charge in [-0.25, -0.2) is 5.06 Å². The van der Waals surface area contributed by atoms with E-state index in [4.69, 9.17) is 5.21 Å². The number of oxime groups is 1. The van der Waals surface area contributed by atoms with Crippen LogP contribution in [0.4, 0.5) is 0 Å². The lowest BCUT2D eigenvalue weighted by molar-refractivity contribution is -0.175. The molecule has 2 unspecified atom stereocenters. The SMILES string of the molecule is C=CC1(C)C(=NO)C(C)(CC)C(=O)N1O. The minimum absolute atomic E-state index is 0.222. The summed E-state index contributed by atoms with van der Waals surface area (Å²) in [5.41, 5.74) is -1.87. The molecule has 1 saturated heterocycles. The molecule has 1 fully saturated rings. The molecule has 5 nitrogen and oxygen atoms in total. The molecule has 1 heterocycles. The van der Waals surface area contributed by atoms with E-state index in [1.807, 2.05) is 0 Å². The maximum absolute atomic E-state index is 11.8. The topological polar surface area (TPSA) is 73.1 Å². The molecule has 84 valence electrons. The van der Waals surface area contributed by atoms with Crippen LogP contribution in [0.15, 0.2) is 17.8 Å². The van der Waals surface area contributed by atoms with Crippen molar-refractivity contribution in [3.8, 4) is 0 Å². The van der Waals surface area contributed by atoms with E-state index < -0.39 is 16.9 Å². The molecule has 0 aromatic heterocycles. The van der Waals surface area contributed by atoms with Crippen LogP contribution < -0.4 is 0 Å². The molecule has 1 amide bonds. The molecular formula is C10H16N2O3. The van der Waals surface area contributed by atoms with Gasteiger partial charge < -0.3 is 5.21 Å². The number of carbonyl (C=O) groups is 1. The van der Waals surface area contributed by atoms with Crippen molar-refractivity contribution in [2.24, 2.45) is 10.6 Å². The van der Waals surface area contributed by atoms with E-state index in [1.54, 1.807) is 20.8 Å². The van der Waals surface area contributed by atoms with Crippen molar-refractivity contribution < 1.29 is 15.2 Å². The van der Waals surface area contributed by atoms with Crippen LogP contribution in [0, 0.1) is 5.41 Å². The van der Waals surface area contributed by atoms with E-state index in [0.717, 1.165) is 0 Å². The fraction of sp³-hybridized carbons (Fsp3) is 0.600. The maximum Gasteiger partial charge on any atom is 0.258 e. The number of rotatable bonds is 2. The van der Waals surface area contributed by atoms with Gasteiger partial charge in [0.05, 0.1) is 5.41 Å². The largest absolute Gasteiger partial charge is 0.411 e. The van der Waals surface area contributed by atoms with Crippen molar-refractivity contribution in [1.29, 1.82) is 0 Å². The Morgan fingerprint density at radius 1 is 1.60 bits per heavy atom. The van der Waals surface area contributed by atoms with E-state index in [9.17, 15) is 10.0 Å². The minimum atomic E-state index is -1.13. The number of hydrogen-bond donors (Lipinski definition) is 2. The van der Waals surface area contributed by atoms with Crippen LogP contribution in [0.3, 0.4) is 0 Å². The molecule has 0 radical (unpaired) electrons. The summed E-state index contributed by atoms with van der Waals surface area (Å²) < 4.78 is 0. The zero-order valence-corrected chi connectivity index (χ0v) is 9.19. The van der Waals surface area contributed by atoms with Gasteiger partial charge in [-0.15, -0.1) is 6.58 Å². The number of amides is 1. The third-order valence-electron chi connectivity index (χ3n) is 3.31. The average molecular weight is 212 g/mol. The highest BCUT2D eigenvalue weighted by molar-refractivity contribution is 6.19. The summed E-state index contributed by atoms with van der Waals surface area (Å²) in [6.07, 6.45) is 1.84. The second kappa shape index (κ2) is 3.34. The number of hydrogen-bond acceptors (Lipinski definition) is 4. The van der Waals surface area contributed by atoms with Crippen LogP contribution in [-0.4, -0.2) is 32.6 Å². The van der Waals surface area contributed by atoms with Crippen molar-refractivity contribution in [3.05, 3.63) is 12.7 Å². The average Bonchev–Trinajstić information content (AvgIpc) is 2.39. The van der Waals surface area contributed by atoms with Gasteiger partial charge in [0.2, 0.25) is 0 Å². The summed E-state index contributed by atoms with van der Waals surface area (Å²) in [6.45, 7) is 8.57. The molecule has 1 aliphatic rings. The molecule has 0 spiro atoms. The lowest BCUT2D eigenvalue weighted by Gasteiger charge is -2.26. The van der Waals surface area contributed by atoms with Crippen LogP contribution in [0.25, 0.3) is 0 Å². The summed E-state index contributed by atoms with van der Waals surface area (Å²) in [4.78, 5) is 11.8. The van der Waals surface area contributed by atoms with Gasteiger partial charge in [-0.1, -0.05) is 18.2 Å². The van der Waals surface area contributed by atoms with Gasteiger partial charge in [0.15, 0.2) is 0 Å². The lowest BCUT2D eigenvalue weighted by Crippen LogP contribution is -2.43. The number of nitrogens with zero attached hydrogens (tertiary/aromatic N) is 2. The van der Waals surface area contributed by atoms with Gasteiger partial charge in [-0.2, -0.15) is 0 Å². The summed E-state index contributed by atoms with van der Waals surface area (Å²) in [7, 11) is 0.